The predicted octanol–water partition coefficient (Wildman–Crippen LogP) is 3.12. The molecule has 94 valence electrons. The molecule has 3 aromatic rings. The van der Waals surface area contributed by atoms with Crippen molar-refractivity contribution in [2.24, 2.45) is 0 Å². The first-order valence-corrected chi connectivity index (χ1v) is 5.67. The Balaban J connectivity index is 2.17. The SMILES string of the molecule is Nc1noc(-c2ccncc2)c1-c1ccc(F)cc1. The van der Waals surface area contributed by atoms with Crippen LogP contribution in [0.1, 0.15) is 0 Å². The normalized spacial score (nSPS) is 10.6. The van der Waals surface area contributed by atoms with Gasteiger partial charge in [0, 0.05) is 18.0 Å². The number of pyridine rings is 1. The van der Waals surface area contributed by atoms with Crippen LogP contribution in [-0.2, 0) is 0 Å². The maximum atomic E-state index is 13.0. The molecule has 5 heteroatoms. The molecule has 0 saturated heterocycles. The molecule has 0 unspecified atom stereocenters. The maximum Gasteiger partial charge on any atom is 0.177 e. The molecule has 2 aromatic heterocycles. The molecule has 0 fully saturated rings. The molecule has 1 aromatic carbocycles. The Morgan fingerprint density at radius 1 is 0.947 bits per heavy atom. The van der Waals surface area contributed by atoms with E-state index in [4.69, 9.17) is 10.3 Å². The summed E-state index contributed by atoms with van der Waals surface area (Å²) in [4.78, 5) is 3.95. The van der Waals surface area contributed by atoms with Crippen LogP contribution in [0.3, 0.4) is 0 Å². The van der Waals surface area contributed by atoms with Gasteiger partial charge in [0.2, 0.25) is 0 Å². The molecule has 2 heterocycles. The number of hydrogen-bond donors (Lipinski definition) is 1. The molecule has 0 saturated carbocycles. The molecule has 0 aliphatic carbocycles. The largest absolute Gasteiger partial charge is 0.380 e. The van der Waals surface area contributed by atoms with Gasteiger partial charge in [-0.25, -0.2) is 4.39 Å². The fourth-order valence-electron chi connectivity index (χ4n) is 1.90. The van der Waals surface area contributed by atoms with E-state index < -0.39 is 0 Å². The smallest absolute Gasteiger partial charge is 0.177 e. The van der Waals surface area contributed by atoms with E-state index in [0.717, 1.165) is 11.1 Å². The van der Waals surface area contributed by atoms with E-state index >= 15 is 0 Å². The molecule has 0 atom stereocenters. The third kappa shape index (κ3) is 2.06. The highest BCUT2D eigenvalue weighted by Gasteiger charge is 2.17. The predicted molar refractivity (Wildman–Crippen MR) is 69.5 cm³/mol. The van der Waals surface area contributed by atoms with Crippen molar-refractivity contribution in [3.63, 3.8) is 0 Å². The second-order valence-corrected chi connectivity index (χ2v) is 4.01. The molecule has 4 nitrogen and oxygen atoms in total. The zero-order valence-electron chi connectivity index (χ0n) is 9.88. The van der Waals surface area contributed by atoms with Crippen LogP contribution in [0.4, 0.5) is 10.2 Å². The van der Waals surface area contributed by atoms with Crippen molar-refractivity contribution in [1.82, 2.24) is 10.1 Å². The zero-order valence-corrected chi connectivity index (χ0v) is 9.88. The van der Waals surface area contributed by atoms with Gasteiger partial charge in [-0.05, 0) is 29.8 Å². The summed E-state index contributed by atoms with van der Waals surface area (Å²) in [7, 11) is 0. The molecule has 2 N–H and O–H groups in total. The lowest BCUT2D eigenvalue weighted by Crippen LogP contribution is -1.89. The van der Waals surface area contributed by atoms with E-state index in [-0.39, 0.29) is 11.6 Å². The van der Waals surface area contributed by atoms with E-state index in [1.165, 1.54) is 12.1 Å². The fourth-order valence-corrected chi connectivity index (χ4v) is 1.90. The Labute approximate surface area is 108 Å². The molecule has 0 radical (unpaired) electrons. The Kier molecular flexibility index (Phi) is 2.72. The van der Waals surface area contributed by atoms with Crippen molar-refractivity contribution in [2.75, 3.05) is 5.73 Å². The van der Waals surface area contributed by atoms with Gasteiger partial charge in [0.15, 0.2) is 11.6 Å². The van der Waals surface area contributed by atoms with Crippen molar-refractivity contribution in [3.05, 3.63) is 54.6 Å². The Morgan fingerprint density at radius 3 is 2.32 bits per heavy atom. The van der Waals surface area contributed by atoms with Crippen LogP contribution in [0.2, 0.25) is 0 Å². The number of anilines is 1. The van der Waals surface area contributed by atoms with Gasteiger partial charge in [0.25, 0.3) is 0 Å². The number of rotatable bonds is 2. The van der Waals surface area contributed by atoms with Crippen molar-refractivity contribution >= 4 is 5.82 Å². The first-order valence-electron chi connectivity index (χ1n) is 5.67. The Morgan fingerprint density at radius 2 is 1.63 bits per heavy atom. The summed E-state index contributed by atoms with van der Waals surface area (Å²) in [6.45, 7) is 0. The van der Waals surface area contributed by atoms with Gasteiger partial charge in [-0.1, -0.05) is 17.3 Å². The van der Waals surface area contributed by atoms with E-state index in [9.17, 15) is 4.39 Å². The van der Waals surface area contributed by atoms with Gasteiger partial charge < -0.3 is 10.3 Å². The minimum absolute atomic E-state index is 0.276. The average molecular weight is 255 g/mol. The molecule has 0 spiro atoms. The van der Waals surface area contributed by atoms with Gasteiger partial charge in [-0.3, -0.25) is 4.98 Å². The lowest BCUT2D eigenvalue weighted by atomic mass is 10.0. The van der Waals surface area contributed by atoms with Gasteiger partial charge in [0.1, 0.15) is 5.82 Å². The minimum Gasteiger partial charge on any atom is -0.380 e. The van der Waals surface area contributed by atoms with Crippen molar-refractivity contribution in [2.45, 2.75) is 0 Å². The summed E-state index contributed by atoms with van der Waals surface area (Å²) >= 11 is 0. The van der Waals surface area contributed by atoms with Gasteiger partial charge in [-0.2, -0.15) is 0 Å². The molecule has 19 heavy (non-hydrogen) atoms. The van der Waals surface area contributed by atoms with E-state index in [1.807, 2.05) is 0 Å². The highest BCUT2D eigenvalue weighted by Crippen LogP contribution is 2.36. The topological polar surface area (TPSA) is 64.9 Å². The van der Waals surface area contributed by atoms with Crippen LogP contribution in [0.25, 0.3) is 22.5 Å². The third-order valence-electron chi connectivity index (χ3n) is 2.79. The maximum absolute atomic E-state index is 13.0. The molecule has 3 rings (SSSR count). The third-order valence-corrected chi connectivity index (χ3v) is 2.79. The Hall–Kier alpha value is -2.69. The van der Waals surface area contributed by atoms with Crippen molar-refractivity contribution < 1.29 is 8.91 Å². The van der Waals surface area contributed by atoms with Crippen LogP contribution in [0.15, 0.2) is 53.3 Å². The fraction of sp³-hybridized carbons (Fsp3) is 0. The highest BCUT2D eigenvalue weighted by atomic mass is 19.1. The van der Waals surface area contributed by atoms with Crippen LogP contribution in [0.5, 0.6) is 0 Å². The summed E-state index contributed by atoms with van der Waals surface area (Å²) in [6.07, 6.45) is 3.31. The molecule has 0 aliphatic heterocycles. The van der Waals surface area contributed by atoms with Crippen molar-refractivity contribution in [1.29, 1.82) is 0 Å². The number of nitrogens with zero attached hydrogens (tertiary/aromatic N) is 2. The lowest BCUT2D eigenvalue weighted by molar-refractivity contribution is 0.436. The van der Waals surface area contributed by atoms with Crippen LogP contribution < -0.4 is 5.73 Å². The summed E-state index contributed by atoms with van der Waals surface area (Å²) in [5.41, 5.74) is 8.07. The number of nitrogen functional groups attached to an aromatic ring is 1. The van der Waals surface area contributed by atoms with Crippen LogP contribution in [-0.4, -0.2) is 10.1 Å². The first-order chi connectivity index (χ1) is 9.25. The first kappa shape index (κ1) is 11.4. The number of nitrogens with two attached hydrogens (primary N) is 1. The van der Waals surface area contributed by atoms with Crippen LogP contribution >= 0.6 is 0 Å². The van der Waals surface area contributed by atoms with E-state index in [2.05, 4.69) is 10.1 Å². The van der Waals surface area contributed by atoms with Gasteiger partial charge in [0.05, 0.1) is 5.56 Å². The monoisotopic (exact) mass is 255 g/mol. The second kappa shape index (κ2) is 4.53. The number of hydrogen-bond acceptors (Lipinski definition) is 4. The molecular weight excluding hydrogens is 245 g/mol. The summed E-state index contributed by atoms with van der Waals surface area (Å²) < 4.78 is 18.2. The standard InChI is InChI=1S/C14H10FN3O/c15-11-3-1-9(2-4-11)12-13(19-18-14(12)16)10-5-7-17-8-6-10/h1-8H,(H2,16,18). The average Bonchev–Trinajstić information content (AvgIpc) is 2.83. The quantitative estimate of drug-likeness (QED) is 0.764. The summed E-state index contributed by atoms with van der Waals surface area (Å²) in [5, 5.41) is 3.78. The van der Waals surface area contributed by atoms with Crippen LogP contribution in [0, 0.1) is 5.82 Å². The summed E-state index contributed by atoms with van der Waals surface area (Å²) in [5.74, 6) is 0.522. The summed E-state index contributed by atoms with van der Waals surface area (Å²) in [6, 6.07) is 9.63. The highest BCUT2D eigenvalue weighted by molar-refractivity contribution is 5.86. The number of halogens is 1. The zero-order chi connectivity index (χ0) is 13.2. The van der Waals surface area contributed by atoms with E-state index in [0.29, 0.717) is 11.3 Å². The lowest BCUT2D eigenvalue weighted by Gasteiger charge is -2.02. The molecule has 0 aliphatic rings. The number of aromatic nitrogens is 2. The number of benzene rings is 1. The van der Waals surface area contributed by atoms with Crippen molar-refractivity contribution in [3.8, 4) is 22.5 Å². The van der Waals surface area contributed by atoms with Gasteiger partial charge >= 0.3 is 0 Å². The van der Waals surface area contributed by atoms with Gasteiger partial charge in [-0.15, -0.1) is 0 Å². The Bertz CT molecular complexity index is 692. The second-order valence-electron chi connectivity index (χ2n) is 4.01. The molecular formula is C14H10FN3O. The molecule has 0 amide bonds. The minimum atomic E-state index is -0.302. The molecule has 0 bridgehead atoms. The van der Waals surface area contributed by atoms with E-state index in [1.54, 1.807) is 36.7 Å².